The average molecular weight is 165 g/mol. The molecule has 64 valence electrons. The lowest BCUT2D eigenvalue weighted by Gasteiger charge is -2.30. The lowest BCUT2D eigenvalue weighted by atomic mass is 10.1. The molecule has 0 aliphatic carbocycles. The first-order valence-corrected chi connectivity index (χ1v) is 3.90. The fourth-order valence-corrected chi connectivity index (χ4v) is 1.25. The predicted molar refractivity (Wildman–Crippen MR) is 45.4 cm³/mol. The number of benzene rings is 1. The van der Waals surface area contributed by atoms with Crippen LogP contribution in [-0.4, -0.2) is 6.79 Å². The molecule has 0 atom stereocenters. The van der Waals surface area contributed by atoms with Gasteiger partial charge in [0.15, 0.2) is 0 Å². The molecule has 3 heteroatoms. The molecule has 1 fully saturated rings. The molecule has 0 aromatic heterocycles. The number of hydrogen-bond donors (Lipinski definition) is 0. The quantitative estimate of drug-likeness (QED) is 0.634. The molecule has 1 aliphatic heterocycles. The Kier molecular flexibility index (Phi) is 1.75. The molecular weight excluding hydrogens is 154 g/mol. The highest BCUT2D eigenvalue weighted by Gasteiger charge is 2.18. The van der Waals surface area contributed by atoms with Gasteiger partial charge in [0, 0.05) is 0 Å². The highest BCUT2D eigenvalue weighted by Crippen LogP contribution is 2.24. The zero-order chi connectivity index (χ0) is 8.55. The van der Waals surface area contributed by atoms with Gasteiger partial charge < -0.3 is 0 Å². The molecule has 1 aromatic carbocycles. The second kappa shape index (κ2) is 2.77. The zero-order valence-corrected chi connectivity index (χ0v) is 7.20. The summed E-state index contributed by atoms with van der Waals surface area (Å²) in [4.78, 5) is 10.1. The van der Waals surface area contributed by atoms with E-state index in [0.717, 1.165) is 11.3 Å². The third kappa shape index (κ3) is 1.17. The summed E-state index contributed by atoms with van der Waals surface area (Å²) in [6.07, 6.45) is 0. The third-order valence-corrected chi connectivity index (χ3v) is 1.89. The molecule has 0 saturated carbocycles. The predicted octanol–water partition coefficient (Wildman–Crippen LogP) is 1.94. The van der Waals surface area contributed by atoms with Gasteiger partial charge in [-0.1, -0.05) is 17.7 Å². The van der Waals surface area contributed by atoms with Crippen LogP contribution in [-0.2, 0) is 9.68 Å². The Bertz CT molecular complexity index is 295. The summed E-state index contributed by atoms with van der Waals surface area (Å²) in [5, 5.41) is 1.44. The van der Waals surface area contributed by atoms with Crippen LogP contribution in [0.1, 0.15) is 11.1 Å². The maximum absolute atomic E-state index is 5.05. The van der Waals surface area contributed by atoms with Crippen LogP contribution in [0.5, 0.6) is 0 Å². The SMILES string of the molecule is Cc1ccc(N2OCO2)c(C)c1. The molecule has 0 amide bonds. The third-order valence-electron chi connectivity index (χ3n) is 1.89. The fourth-order valence-electron chi connectivity index (χ4n) is 1.25. The second-order valence-electron chi connectivity index (χ2n) is 2.92. The van der Waals surface area contributed by atoms with E-state index in [4.69, 9.17) is 9.68 Å². The first-order valence-electron chi connectivity index (χ1n) is 3.90. The van der Waals surface area contributed by atoms with Gasteiger partial charge >= 0.3 is 0 Å². The summed E-state index contributed by atoms with van der Waals surface area (Å²) in [7, 11) is 0. The molecular formula is C9H11NO2. The van der Waals surface area contributed by atoms with E-state index in [9.17, 15) is 0 Å². The second-order valence-corrected chi connectivity index (χ2v) is 2.92. The summed E-state index contributed by atoms with van der Waals surface area (Å²) in [6.45, 7) is 4.45. The molecule has 0 bridgehead atoms. The Labute approximate surface area is 71.4 Å². The number of nitrogens with zero attached hydrogens (tertiary/aromatic N) is 1. The molecule has 0 radical (unpaired) electrons. The molecule has 0 unspecified atom stereocenters. The van der Waals surface area contributed by atoms with Crippen LogP contribution < -0.4 is 5.23 Å². The summed E-state index contributed by atoms with van der Waals surface area (Å²) in [5.74, 6) is 0. The normalized spacial score (nSPS) is 16.0. The topological polar surface area (TPSA) is 21.7 Å². The Morgan fingerprint density at radius 1 is 1.25 bits per heavy atom. The van der Waals surface area contributed by atoms with E-state index in [-0.39, 0.29) is 0 Å². The minimum absolute atomic E-state index is 0.354. The molecule has 1 aliphatic rings. The van der Waals surface area contributed by atoms with Crippen LogP contribution >= 0.6 is 0 Å². The Balaban J connectivity index is 2.31. The summed E-state index contributed by atoms with van der Waals surface area (Å²) in [6, 6.07) is 6.12. The van der Waals surface area contributed by atoms with Gasteiger partial charge in [0.1, 0.15) is 0 Å². The minimum atomic E-state index is 0.354. The van der Waals surface area contributed by atoms with E-state index in [1.807, 2.05) is 19.1 Å². The first-order chi connectivity index (χ1) is 5.77. The van der Waals surface area contributed by atoms with Crippen LogP contribution in [0, 0.1) is 13.8 Å². The van der Waals surface area contributed by atoms with Crippen LogP contribution in [0.15, 0.2) is 18.2 Å². The number of hydrogen-bond acceptors (Lipinski definition) is 3. The number of anilines is 1. The van der Waals surface area contributed by atoms with Crippen LogP contribution in [0.2, 0.25) is 0 Å². The van der Waals surface area contributed by atoms with E-state index in [0.29, 0.717) is 6.79 Å². The van der Waals surface area contributed by atoms with Crippen molar-refractivity contribution in [2.45, 2.75) is 13.8 Å². The Hall–Kier alpha value is -1.06. The van der Waals surface area contributed by atoms with Crippen molar-refractivity contribution in [1.29, 1.82) is 0 Å². The average Bonchev–Trinajstić information content (AvgIpc) is 1.91. The first kappa shape index (κ1) is 7.58. The Morgan fingerprint density at radius 2 is 2.00 bits per heavy atom. The van der Waals surface area contributed by atoms with Gasteiger partial charge in [-0.2, -0.15) is 0 Å². The monoisotopic (exact) mass is 165 g/mol. The van der Waals surface area contributed by atoms with Gasteiger partial charge in [0.05, 0.1) is 5.69 Å². The lowest BCUT2D eigenvalue weighted by Crippen LogP contribution is -2.37. The van der Waals surface area contributed by atoms with Crippen molar-refractivity contribution in [2.75, 3.05) is 12.0 Å². The standard InChI is InChI=1S/C9H11NO2/c1-7-3-4-9(8(2)5-7)10-11-6-12-10/h3-5H,6H2,1-2H3. The lowest BCUT2D eigenvalue weighted by molar-refractivity contribution is -0.277. The molecule has 0 spiro atoms. The highest BCUT2D eigenvalue weighted by atomic mass is 17.1. The van der Waals surface area contributed by atoms with Crippen LogP contribution in [0.3, 0.4) is 0 Å². The van der Waals surface area contributed by atoms with E-state index in [1.54, 1.807) is 0 Å². The summed E-state index contributed by atoms with van der Waals surface area (Å²) in [5.41, 5.74) is 3.39. The number of aryl methyl sites for hydroxylation is 2. The van der Waals surface area contributed by atoms with Crippen LogP contribution in [0.25, 0.3) is 0 Å². The van der Waals surface area contributed by atoms with Gasteiger partial charge in [-0.15, -0.1) is 5.23 Å². The van der Waals surface area contributed by atoms with Gasteiger partial charge in [-0.3, -0.25) is 0 Å². The maximum Gasteiger partial charge on any atom is 0.205 e. The van der Waals surface area contributed by atoms with E-state index in [2.05, 4.69) is 13.0 Å². The van der Waals surface area contributed by atoms with Crippen LogP contribution in [0.4, 0.5) is 5.69 Å². The fraction of sp³-hybridized carbons (Fsp3) is 0.333. The van der Waals surface area contributed by atoms with Gasteiger partial charge in [-0.25, -0.2) is 9.68 Å². The van der Waals surface area contributed by atoms with Crippen molar-refractivity contribution < 1.29 is 9.68 Å². The Morgan fingerprint density at radius 3 is 2.50 bits per heavy atom. The van der Waals surface area contributed by atoms with E-state index >= 15 is 0 Å². The smallest absolute Gasteiger partial charge is 0.205 e. The molecule has 2 rings (SSSR count). The van der Waals surface area contributed by atoms with Crippen molar-refractivity contribution in [3.05, 3.63) is 29.3 Å². The molecule has 0 N–H and O–H groups in total. The molecule has 3 nitrogen and oxygen atoms in total. The van der Waals surface area contributed by atoms with Crippen molar-refractivity contribution >= 4 is 5.69 Å². The molecule has 1 heterocycles. The van der Waals surface area contributed by atoms with Crippen molar-refractivity contribution in [2.24, 2.45) is 0 Å². The van der Waals surface area contributed by atoms with Gasteiger partial charge in [0.2, 0.25) is 6.79 Å². The molecule has 12 heavy (non-hydrogen) atoms. The number of rotatable bonds is 1. The van der Waals surface area contributed by atoms with Crippen molar-refractivity contribution in [1.82, 2.24) is 0 Å². The van der Waals surface area contributed by atoms with Crippen molar-refractivity contribution in [3.63, 3.8) is 0 Å². The summed E-state index contributed by atoms with van der Waals surface area (Å²) < 4.78 is 0. The van der Waals surface area contributed by atoms with E-state index in [1.165, 1.54) is 10.8 Å². The van der Waals surface area contributed by atoms with Gasteiger partial charge in [0.25, 0.3) is 0 Å². The summed E-state index contributed by atoms with van der Waals surface area (Å²) >= 11 is 0. The molecule has 1 aromatic rings. The minimum Gasteiger partial charge on any atom is -0.217 e. The van der Waals surface area contributed by atoms with Gasteiger partial charge in [-0.05, 0) is 25.5 Å². The molecule has 1 saturated heterocycles. The van der Waals surface area contributed by atoms with Crippen molar-refractivity contribution in [3.8, 4) is 0 Å². The zero-order valence-electron chi connectivity index (χ0n) is 7.20. The maximum atomic E-state index is 5.05. The highest BCUT2D eigenvalue weighted by molar-refractivity contribution is 5.51. The largest absolute Gasteiger partial charge is 0.217 e. The van der Waals surface area contributed by atoms with E-state index < -0.39 is 0 Å².